The summed E-state index contributed by atoms with van der Waals surface area (Å²) in [5, 5.41) is 0. The Kier molecular flexibility index (Phi) is 5.46. The largest absolute Gasteiger partial charge is 0.337 e. The van der Waals surface area contributed by atoms with Gasteiger partial charge in [-0.05, 0) is 51.0 Å². The van der Waals surface area contributed by atoms with Crippen LogP contribution in [0.1, 0.15) is 80.8 Å². The van der Waals surface area contributed by atoms with Crippen molar-refractivity contribution in [2.75, 3.05) is 26.2 Å². The van der Waals surface area contributed by atoms with Gasteiger partial charge >= 0.3 is 0 Å². The molecule has 6 heteroatoms. The Morgan fingerprint density at radius 1 is 1.03 bits per heavy atom. The van der Waals surface area contributed by atoms with Crippen LogP contribution in [0.4, 0.5) is 0 Å². The first kappa shape index (κ1) is 19.3. The number of hydrogen-bond donors (Lipinski definition) is 1. The van der Waals surface area contributed by atoms with Crippen molar-refractivity contribution in [2.24, 2.45) is 11.8 Å². The van der Waals surface area contributed by atoms with Gasteiger partial charge in [0.05, 0.1) is 17.8 Å². The number of rotatable bonds is 4. The zero-order chi connectivity index (χ0) is 19.8. The van der Waals surface area contributed by atoms with Crippen molar-refractivity contribution in [3.05, 3.63) is 27.4 Å². The van der Waals surface area contributed by atoms with Crippen molar-refractivity contribution in [1.82, 2.24) is 19.8 Å². The van der Waals surface area contributed by atoms with Crippen molar-refractivity contribution in [2.45, 2.75) is 76.7 Å². The van der Waals surface area contributed by atoms with E-state index in [1.165, 1.54) is 51.6 Å². The van der Waals surface area contributed by atoms with Gasteiger partial charge in [0.25, 0.3) is 5.56 Å². The molecule has 1 atom stereocenters. The topological polar surface area (TPSA) is 69.3 Å². The van der Waals surface area contributed by atoms with Crippen LogP contribution in [-0.2, 0) is 17.8 Å². The Morgan fingerprint density at radius 2 is 1.86 bits per heavy atom. The Balaban J connectivity index is 1.27. The highest BCUT2D eigenvalue weighted by atomic mass is 16.2. The van der Waals surface area contributed by atoms with Crippen LogP contribution in [-0.4, -0.2) is 51.9 Å². The molecule has 1 N–H and O–H groups in total. The molecular formula is C23H34N4O2. The summed E-state index contributed by atoms with van der Waals surface area (Å²) in [5.74, 6) is 2.50. The first-order valence-corrected chi connectivity index (χ1v) is 11.8. The summed E-state index contributed by atoms with van der Waals surface area (Å²) in [5.41, 5.74) is 1.61. The Bertz CT molecular complexity index is 810. The van der Waals surface area contributed by atoms with Crippen LogP contribution < -0.4 is 5.56 Å². The maximum absolute atomic E-state index is 12.8. The summed E-state index contributed by atoms with van der Waals surface area (Å²) in [4.78, 5) is 37.7. The van der Waals surface area contributed by atoms with Gasteiger partial charge in [-0.3, -0.25) is 9.59 Å². The minimum absolute atomic E-state index is 0.0253. The summed E-state index contributed by atoms with van der Waals surface area (Å²) < 4.78 is 0. The highest BCUT2D eigenvalue weighted by molar-refractivity contribution is 5.81. The third-order valence-corrected chi connectivity index (χ3v) is 7.46. The van der Waals surface area contributed by atoms with Gasteiger partial charge in [0.1, 0.15) is 5.82 Å². The van der Waals surface area contributed by atoms with Gasteiger partial charge < -0.3 is 14.8 Å². The molecule has 1 saturated heterocycles. The minimum atomic E-state index is -0.0253. The molecular weight excluding hydrogens is 364 g/mol. The number of H-pyrrole nitrogens is 1. The normalized spacial score (nSPS) is 26.3. The predicted molar refractivity (Wildman–Crippen MR) is 112 cm³/mol. The fraction of sp³-hybridized carbons (Fsp3) is 0.783. The van der Waals surface area contributed by atoms with Gasteiger partial charge in [-0.2, -0.15) is 0 Å². The van der Waals surface area contributed by atoms with Crippen molar-refractivity contribution in [1.29, 1.82) is 0 Å². The van der Waals surface area contributed by atoms with E-state index in [0.29, 0.717) is 31.0 Å². The fourth-order valence-electron chi connectivity index (χ4n) is 5.59. The second-order valence-electron chi connectivity index (χ2n) is 9.76. The smallest absolute Gasteiger partial charge is 0.256 e. The lowest BCUT2D eigenvalue weighted by atomic mass is 9.87. The number of amides is 1. The lowest BCUT2D eigenvalue weighted by Gasteiger charge is -2.36. The molecule has 2 aliphatic heterocycles. The first-order valence-electron chi connectivity index (χ1n) is 11.8. The van der Waals surface area contributed by atoms with Gasteiger partial charge in [0.2, 0.25) is 5.91 Å². The molecule has 1 aromatic heterocycles. The number of nitrogens with one attached hydrogen (secondary N) is 1. The van der Waals surface area contributed by atoms with Gasteiger partial charge in [-0.25, -0.2) is 4.98 Å². The van der Waals surface area contributed by atoms with Gasteiger partial charge in [0.15, 0.2) is 0 Å². The van der Waals surface area contributed by atoms with Crippen LogP contribution in [0, 0.1) is 11.8 Å². The maximum atomic E-state index is 12.8. The molecule has 6 nitrogen and oxygen atoms in total. The molecule has 5 rings (SSSR count). The van der Waals surface area contributed by atoms with Crippen molar-refractivity contribution >= 4 is 5.91 Å². The van der Waals surface area contributed by atoms with Crippen molar-refractivity contribution in [3.63, 3.8) is 0 Å². The van der Waals surface area contributed by atoms with Crippen molar-refractivity contribution < 1.29 is 4.79 Å². The molecule has 0 aromatic carbocycles. The zero-order valence-electron chi connectivity index (χ0n) is 17.5. The second kappa shape index (κ2) is 8.21. The van der Waals surface area contributed by atoms with E-state index in [1.54, 1.807) is 0 Å². The number of fused-ring (bicyclic) bond motifs is 1. The number of piperidine rings is 1. The lowest BCUT2D eigenvalue weighted by molar-refractivity contribution is -0.133. The fourth-order valence-corrected chi connectivity index (χ4v) is 5.59. The highest BCUT2D eigenvalue weighted by Crippen LogP contribution is 2.33. The molecule has 0 spiro atoms. The number of carbonyl (C=O) groups is 1. The standard InChI is InChI=1S/C23H34N4O2/c28-22-19-15-27(23(29)17-8-9-17)12-10-20(19)24-21(25-22)18-7-4-11-26(14-18)13-16-5-2-1-3-6-16/h16-18H,1-15H2,(H,24,25,28)/t18-/m1/s1. The van der Waals surface area contributed by atoms with E-state index in [9.17, 15) is 9.59 Å². The van der Waals surface area contributed by atoms with E-state index in [0.717, 1.165) is 43.2 Å². The molecule has 0 bridgehead atoms. The summed E-state index contributed by atoms with van der Waals surface area (Å²) in [6.07, 6.45) is 12.0. The van der Waals surface area contributed by atoms with E-state index in [-0.39, 0.29) is 17.4 Å². The van der Waals surface area contributed by atoms with Crippen LogP contribution in [0.2, 0.25) is 0 Å². The van der Waals surface area contributed by atoms with E-state index >= 15 is 0 Å². The highest BCUT2D eigenvalue weighted by Gasteiger charge is 2.36. The molecule has 3 heterocycles. The monoisotopic (exact) mass is 398 g/mol. The number of aromatic amines is 1. The van der Waals surface area contributed by atoms with E-state index in [2.05, 4.69) is 9.88 Å². The van der Waals surface area contributed by atoms with E-state index in [1.807, 2.05) is 4.90 Å². The number of nitrogens with zero attached hydrogens (tertiary/aromatic N) is 3. The Labute approximate surface area is 173 Å². The summed E-state index contributed by atoms with van der Waals surface area (Å²) in [7, 11) is 0. The number of likely N-dealkylation sites (tertiary alicyclic amines) is 1. The second-order valence-corrected chi connectivity index (χ2v) is 9.76. The summed E-state index contributed by atoms with van der Waals surface area (Å²) in [6, 6.07) is 0. The van der Waals surface area contributed by atoms with Gasteiger partial charge in [0, 0.05) is 37.9 Å². The van der Waals surface area contributed by atoms with Crippen LogP contribution in [0.15, 0.2) is 4.79 Å². The van der Waals surface area contributed by atoms with Crippen LogP contribution in [0.3, 0.4) is 0 Å². The number of hydrogen-bond acceptors (Lipinski definition) is 4. The molecule has 2 saturated carbocycles. The van der Waals surface area contributed by atoms with Gasteiger partial charge in [-0.1, -0.05) is 19.3 Å². The number of aromatic nitrogens is 2. The van der Waals surface area contributed by atoms with Crippen LogP contribution in [0.5, 0.6) is 0 Å². The predicted octanol–water partition coefficient (Wildman–Crippen LogP) is 2.82. The van der Waals surface area contributed by atoms with Gasteiger partial charge in [-0.15, -0.1) is 0 Å². The average Bonchev–Trinajstić information content (AvgIpc) is 3.59. The molecule has 4 aliphatic rings. The van der Waals surface area contributed by atoms with E-state index in [4.69, 9.17) is 4.98 Å². The Hall–Kier alpha value is -1.69. The third kappa shape index (κ3) is 4.27. The molecule has 0 unspecified atom stereocenters. The Morgan fingerprint density at radius 3 is 2.66 bits per heavy atom. The molecule has 1 aromatic rings. The molecule has 1 amide bonds. The maximum Gasteiger partial charge on any atom is 0.256 e. The molecule has 2 aliphatic carbocycles. The summed E-state index contributed by atoms with van der Waals surface area (Å²) >= 11 is 0. The average molecular weight is 399 g/mol. The molecule has 3 fully saturated rings. The van der Waals surface area contributed by atoms with Crippen molar-refractivity contribution in [3.8, 4) is 0 Å². The zero-order valence-corrected chi connectivity index (χ0v) is 17.5. The SMILES string of the molecule is O=C(C1CC1)N1CCc2nc([C@@H]3CCCN(CC4CCCCC4)C3)[nH]c(=O)c2C1. The first-order chi connectivity index (χ1) is 14.2. The molecule has 0 radical (unpaired) electrons. The van der Waals surface area contributed by atoms with Crippen LogP contribution in [0.25, 0.3) is 0 Å². The quantitative estimate of drug-likeness (QED) is 0.847. The van der Waals surface area contributed by atoms with E-state index < -0.39 is 0 Å². The minimum Gasteiger partial charge on any atom is -0.337 e. The number of carbonyl (C=O) groups excluding carboxylic acids is 1. The molecule has 158 valence electrons. The lowest BCUT2D eigenvalue weighted by Crippen LogP contribution is -2.42. The summed E-state index contributed by atoms with van der Waals surface area (Å²) in [6.45, 7) is 4.55. The van der Waals surface area contributed by atoms with Crippen LogP contribution >= 0.6 is 0 Å². The third-order valence-electron chi connectivity index (χ3n) is 7.46. The molecule has 29 heavy (non-hydrogen) atoms.